The summed E-state index contributed by atoms with van der Waals surface area (Å²) >= 11 is 1.51. The van der Waals surface area contributed by atoms with Crippen LogP contribution in [-0.2, 0) is 15.7 Å². The zero-order chi connectivity index (χ0) is 25.4. The van der Waals surface area contributed by atoms with Gasteiger partial charge in [-0.05, 0) is 56.9 Å². The highest BCUT2D eigenvalue weighted by Crippen LogP contribution is 2.44. The van der Waals surface area contributed by atoms with E-state index in [1.54, 1.807) is 14.0 Å². The van der Waals surface area contributed by atoms with Gasteiger partial charge in [0.15, 0.2) is 5.96 Å². The number of aromatic nitrogens is 2. The summed E-state index contributed by atoms with van der Waals surface area (Å²) in [5, 5.41) is 23.2. The SMILES string of the molecule is CC#Cc1cc(-c2csc([C@@]3(C)NC(=N)N(C)C(=O)[C@@H]3c3ccc(C(C)(C)C#N)cc3)c2)ncn1. The fourth-order valence-corrected chi connectivity index (χ4v) is 5.30. The molecule has 0 spiro atoms. The maximum Gasteiger partial charge on any atom is 0.239 e. The highest BCUT2D eigenvalue weighted by Gasteiger charge is 2.49. The van der Waals surface area contributed by atoms with Crippen LogP contribution < -0.4 is 5.32 Å². The van der Waals surface area contributed by atoms with E-state index in [9.17, 15) is 10.1 Å². The van der Waals surface area contributed by atoms with Crippen molar-refractivity contribution in [2.75, 3.05) is 7.05 Å². The number of nitriles is 1. The van der Waals surface area contributed by atoms with Crippen LogP contribution >= 0.6 is 11.3 Å². The number of amides is 1. The molecule has 2 N–H and O–H groups in total. The van der Waals surface area contributed by atoms with Crippen molar-refractivity contribution < 1.29 is 4.79 Å². The minimum atomic E-state index is -0.852. The van der Waals surface area contributed by atoms with Gasteiger partial charge in [-0.3, -0.25) is 15.1 Å². The monoisotopic (exact) mass is 482 g/mol. The molecule has 3 aromatic rings. The third kappa shape index (κ3) is 4.29. The Bertz CT molecular complexity index is 1410. The van der Waals surface area contributed by atoms with E-state index in [2.05, 4.69) is 33.2 Å². The Hall–Kier alpha value is -4.01. The lowest BCUT2D eigenvalue weighted by Gasteiger charge is -2.45. The normalized spacial score (nSPS) is 20.0. The fraction of sp³-hybridized carbons (Fsp3) is 0.296. The number of hydrogen-bond acceptors (Lipinski definition) is 6. The molecule has 0 aliphatic carbocycles. The van der Waals surface area contributed by atoms with Crippen LogP contribution in [0.2, 0.25) is 0 Å². The number of guanidine groups is 1. The lowest BCUT2D eigenvalue weighted by atomic mass is 9.76. The van der Waals surface area contributed by atoms with Gasteiger partial charge in [0, 0.05) is 22.9 Å². The van der Waals surface area contributed by atoms with Crippen LogP contribution in [0.1, 0.15) is 55.3 Å². The van der Waals surface area contributed by atoms with Crippen LogP contribution in [0.4, 0.5) is 0 Å². The molecule has 1 aromatic carbocycles. The van der Waals surface area contributed by atoms with Gasteiger partial charge in [0.1, 0.15) is 12.0 Å². The summed E-state index contributed by atoms with van der Waals surface area (Å²) in [6.07, 6.45) is 1.49. The molecule has 0 saturated carbocycles. The Balaban J connectivity index is 1.78. The molecule has 4 rings (SSSR count). The Morgan fingerprint density at radius 2 is 1.94 bits per heavy atom. The molecule has 176 valence electrons. The van der Waals surface area contributed by atoms with Crippen LogP contribution in [0, 0.1) is 28.6 Å². The number of nitrogens with one attached hydrogen (secondary N) is 2. The summed E-state index contributed by atoms with van der Waals surface area (Å²) in [5.41, 5.74) is 2.51. The van der Waals surface area contributed by atoms with Crippen molar-refractivity contribution >= 4 is 23.2 Å². The molecule has 2 aromatic heterocycles. The number of rotatable bonds is 4. The maximum absolute atomic E-state index is 13.5. The van der Waals surface area contributed by atoms with E-state index in [0.29, 0.717) is 5.69 Å². The quantitative estimate of drug-likeness (QED) is 0.537. The van der Waals surface area contributed by atoms with Gasteiger partial charge in [0.2, 0.25) is 5.91 Å². The zero-order valence-corrected chi connectivity index (χ0v) is 21.1. The average molecular weight is 483 g/mol. The van der Waals surface area contributed by atoms with Crippen molar-refractivity contribution in [3.63, 3.8) is 0 Å². The predicted octanol–water partition coefficient (Wildman–Crippen LogP) is 4.37. The molecule has 35 heavy (non-hydrogen) atoms. The molecular weight excluding hydrogens is 456 g/mol. The Morgan fingerprint density at radius 1 is 1.23 bits per heavy atom. The fourth-order valence-electron chi connectivity index (χ4n) is 4.24. The minimum Gasteiger partial charge on any atom is -0.345 e. The highest BCUT2D eigenvalue weighted by atomic mass is 32.1. The number of benzene rings is 1. The molecule has 0 radical (unpaired) electrons. The number of thiophene rings is 1. The first-order chi connectivity index (χ1) is 16.6. The van der Waals surface area contributed by atoms with Gasteiger partial charge in [-0.15, -0.1) is 11.3 Å². The molecule has 0 unspecified atom stereocenters. The third-order valence-electron chi connectivity index (χ3n) is 6.44. The van der Waals surface area contributed by atoms with E-state index in [1.807, 2.05) is 62.5 Å². The van der Waals surface area contributed by atoms with Gasteiger partial charge in [-0.2, -0.15) is 5.26 Å². The predicted molar refractivity (Wildman–Crippen MR) is 137 cm³/mol. The van der Waals surface area contributed by atoms with Crippen molar-refractivity contribution in [2.45, 2.75) is 44.6 Å². The number of carbonyl (C=O) groups is 1. The average Bonchev–Trinajstić information content (AvgIpc) is 3.35. The number of carbonyl (C=O) groups excluding carboxylic acids is 1. The van der Waals surface area contributed by atoms with Gasteiger partial charge in [-0.1, -0.05) is 30.2 Å². The van der Waals surface area contributed by atoms with Crippen LogP contribution in [0.5, 0.6) is 0 Å². The summed E-state index contributed by atoms with van der Waals surface area (Å²) in [7, 11) is 1.61. The van der Waals surface area contributed by atoms with E-state index in [1.165, 1.54) is 22.6 Å². The first kappa shape index (κ1) is 24.1. The molecule has 7 nitrogen and oxygen atoms in total. The lowest BCUT2D eigenvalue weighted by molar-refractivity contribution is -0.131. The molecule has 1 saturated heterocycles. The van der Waals surface area contributed by atoms with Crippen molar-refractivity contribution in [3.05, 3.63) is 69.8 Å². The molecule has 1 fully saturated rings. The zero-order valence-electron chi connectivity index (χ0n) is 20.3. The van der Waals surface area contributed by atoms with E-state index in [4.69, 9.17) is 5.41 Å². The molecule has 1 amide bonds. The van der Waals surface area contributed by atoms with E-state index >= 15 is 0 Å². The Kier molecular flexibility index (Phi) is 6.19. The van der Waals surface area contributed by atoms with Crippen molar-refractivity contribution in [2.24, 2.45) is 0 Å². The van der Waals surface area contributed by atoms with Crippen LogP contribution in [0.15, 0.2) is 48.1 Å². The van der Waals surface area contributed by atoms with Crippen molar-refractivity contribution in [1.29, 1.82) is 10.7 Å². The summed E-state index contributed by atoms with van der Waals surface area (Å²) in [5.74, 6) is 5.11. The maximum atomic E-state index is 13.5. The van der Waals surface area contributed by atoms with Crippen molar-refractivity contribution in [3.8, 4) is 29.2 Å². The second-order valence-corrected chi connectivity index (χ2v) is 10.1. The molecule has 8 heteroatoms. The topological polar surface area (TPSA) is 106 Å². The number of likely N-dealkylation sites (N-methyl/N-ethyl adjacent to an activating group) is 1. The second-order valence-electron chi connectivity index (χ2n) is 9.23. The number of hydrogen-bond donors (Lipinski definition) is 2. The molecule has 3 heterocycles. The van der Waals surface area contributed by atoms with Crippen LogP contribution in [-0.4, -0.2) is 33.8 Å². The van der Waals surface area contributed by atoms with Gasteiger partial charge in [0.05, 0.1) is 28.6 Å². The molecule has 1 aliphatic heterocycles. The second kappa shape index (κ2) is 8.98. The first-order valence-electron chi connectivity index (χ1n) is 11.1. The minimum absolute atomic E-state index is 0.0495. The molecule has 0 bridgehead atoms. The van der Waals surface area contributed by atoms with E-state index in [0.717, 1.165) is 27.3 Å². The Labute approximate surface area is 209 Å². The smallest absolute Gasteiger partial charge is 0.239 e. The van der Waals surface area contributed by atoms with Crippen LogP contribution in [0.3, 0.4) is 0 Å². The third-order valence-corrected chi connectivity index (χ3v) is 7.61. The Morgan fingerprint density at radius 3 is 2.60 bits per heavy atom. The molecule has 2 atom stereocenters. The molecular formula is C27H26N6OS. The lowest BCUT2D eigenvalue weighted by Crippen LogP contribution is -2.62. The largest absolute Gasteiger partial charge is 0.345 e. The highest BCUT2D eigenvalue weighted by molar-refractivity contribution is 7.10. The molecule has 1 aliphatic rings. The summed E-state index contributed by atoms with van der Waals surface area (Å²) < 4.78 is 0. The summed E-state index contributed by atoms with van der Waals surface area (Å²) in [6.45, 7) is 7.45. The van der Waals surface area contributed by atoms with Gasteiger partial charge >= 0.3 is 0 Å². The first-order valence-corrected chi connectivity index (χ1v) is 12.0. The summed E-state index contributed by atoms with van der Waals surface area (Å²) in [4.78, 5) is 24.3. The van der Waals surface area contributed by atoms with E-state index < -0.39 is 16.9 Å². The van der Waals surface area contributed by atoms with Crippen molar-refractivity contribution in [1.82, 2.24) is 20.2 Å². The number of nitrogens with zero attached hydrogens (tertiary/aromatic N) is 4. The summed E-state index contributed by atoms with van der Waals surface area (Å²) in [6, 6.07) is 13.8. The van der Waals surface area contributed by atoms with Gasteiger partial charge < -0.3 is 5.32 Å². The van der Waals surface area contributed by atoms with Crippen LogP contribution in [0.25, 0.3) is 11.3 Å². The standard InChI is InChI=1S/C27H26N6OS/c1-6-7-20-13-21(31-16-30-20)18-12-22(35-14-18)27(4)23(24(34)33(5)25(29)32-27)17-8-10-19(11-9-17)26(2,3)15-28/h8-14,16,23H,1-5H3,(H2,29,32)/t23-,27+/m0/s1. The van der Waals surface area contributed by atoms with Gasteiger partial charge in [0.25, 0.3) is 0 Å². The van der Waals surface area contributed by atoms with Gasteiger partial charge in [-0.25, -0.2) is 9.97 Å². The van der Waals surface area contributed by atoms with E-state index in [-0.39, 0.29) is 11.9 Å².